The monoisotopic (exact) mass is 407 g/mol. The van der Waals surface area contributed by atoms with Gasteiger partial charge in [-0.1, -0.05) is 17.7 Å². The Balaban J connectivity index is 1.90. The summed E-state index contributed by atoms with van der Waals surface area (Å²) in [5, 5.41) is 9.72. The SMILES string of the molecule is CCNC(=NCCC(=O)Nc1ccc(C)cc1Cl)N(C)Cc1csc(C)n1. The molecule has 1 amide bonds. The molecule has 0 radical (unpaired) electrons. The van der Waals surface area contributed by atoms with Crippen LogP contribution >= 0.6 is 22.9 Å². The highest BCUT2D eigenvalue weighted by Gasteiger charge is 2.10. The zero-order chi connectivity index (χ0) is 19.8. The number of hydrogen-bond donors (Lipinski definition) is 2. The Morgan fingerprint density at radius 2 is 2.15 bits per heavy atom. The predicted octanol–water partition coefficient (Wildman–Crippen LogP) is 3.84. The number of guanidine groups is 1. The number of aliphatic imine (C=N–C) groups is 1. The highest BCUT2D eigenvalue weighted by Crippen LogP contribution is 2.22. The summed E-state index contributed by atoms with van der Waals surface area (Å²) in [5.41, 5.74) is 2.69. The van der Waals surface area contributed by atoms with E-state index in [1.165, 1.54) is 0 Å². The molecule has 0 saturated heterocycles. The zero-order valence-electron chi connectivity index (χ0n) is 16.2. The molecule has 146 valence electrons. The number of aromatic nitrogens is 1. The molecule has 0 aliphatic rings. The molecule has 2 aromatic rings. The molecule has 1 aromatic carbocycles. The van der Waals surface area contributed by atoms with Gasteiger partial charge in [0.2, 0.25) is 5.91 Å². The standard InChI is InChI=1S/C19H26ClN5OS/c1-5-21-19(25(4)11-15-12-27-14(3)23-15)22-9-8-18(26)24-17-7-6-13(2)10-16(17)20/h6-7,10,12H,5,8-9,11H2,1-4H3,(H,21,22)(H,24,26). The molecule has 8 heteroatoms. The van der Waals surface area contributed by atoms with Gasteiger partial charge in [0.25, 0.3) is 0 Å². The van der Waals surface area contributed by atoms with Crippen molar-refractivity contribution in [2.75, 3.05) is 25.5 Å². The first-order valence-corrected chi connectivity index (χ1v) is 10.1. The Labute approximate surface area is 169 Å². The van der Waals surface area contributed by atoms with Gasteiger partial charge in [0.1, 0.15) is 0 Å². The molecule has 0 bridgehead atoms. The molecule has 0 fully saturated rings. The van der Waals surface area contributed by atoms with E-state index < -0.39 is 0 Å². The number of halogens is 1. The normalized spacial score (nSPS) is 11.4. The van der Waals surface area contributed by atoms with Crippen LogP contribution in [0.25, 0.3) is 0 Å². The molecular formula is C19H26ClN5OS. The van der Waals surface area contributed by atoms with Gasteiger partial charge in [-0.05, 0) is 38.5 Å². The number of anilines is 1. The number of rotatable bonds is 7. The van der Waals surface area contributed by atoms with Crippen molar-refractivity contribution < 1.29 is 4.79 Å². The summed E-state index contributed by atoms with van der Waals surface area (Å²) in [7, 11) is 1.96. The van der Waals surface area contributed by atoms with Crippen LogP contribution in [0, 0.1) is 13.8 Å². The largest absolute Gasteiger partial charge is 0.357 e. The third-order valence-corrected chi connectivity index (χ3v) is 4.90. The van der Waals surface area contributed by atoms with Gasteiger partial charge in [-0.15, -0.1) is 11.3 Å². The summed E-state index contributed by atoms with van der Waals surface area (Å²) in [6.07, 6.45) is 0.281. The molecule has 0 unspecified atom stereocenters. The zero-order valence-corrected chi connectivity index (χ0v) is 17.7. The van der Waals surface area contributed by atoms with Crippen molar-refractivity contribution in [3.8, 4) is 0 Å². The Morgan fingerprint density at radius 1 is 1.37 bits per heavy atom. The van der Waals surface area contributed by atoms with E-state index in [4.69, 9.17) is 11.6 Å². The van der Waals surface area contributed by atoms with Gasteiger partial charge in [0.15, 0.2) is 5.96 Å². The van der Waals surface area contributed by atoms with Gasteiger partial charge in [-0.2, -0.15) is 0 Å². The third kappa shape index (κ3) is 6.84. The minimum atomic E-state index is -0.113. The lowest BCUT2D eigenvalue weighted by molar-refractivity contribution is -0.116. The first kappa shape index (κ1) is 21.2. The Morgan fingerprint density at radius 3 is 2.78 bits per heavy atom. The summed E-state index contributed by atoms with van der Waals surface area (Å²) in [4.78, 5) is 23.2. The van der Waals surface area contributed by atoms with Crippen molar-refractivity contribution in [3.05, 3.63) is 44.9 Å². The number of benzene rings is 1. The molecule has 2 rings (SSSR count). The molecule has 1 aromatic heterocycles. The molecular weight excluding hydrogens is 382 g/mol. The van der Waals surface area contributed by atoms with E-state index in [0.717, 1.165) is 28.8 Å². The maximum absolute atomic E-state index is 12.2. The average Bonchev–Trinajstić information content (AvgIpc) is 3.01. The summed E-state index contributed by atoms with van der Waals surface area (Å²) >= 11 is 7.79. The van der Waals surface area contributed by atoms with Crippen LogP contribution in [0.4, 0.5) is 5.69 Å². The molecule has 0 aliphatic heterocycles. The Kier molecular flexibility index (Phi) is 8.06. The summed E-state index contributed by atoms with van der Waals surface area (Å²) in [5.74, 6) is 0.641. The van der Waals surface area contributed by atoms with Crippen LogP contribution in [0.2, 0.25) is 5.02 Å². The fourth-order valence-corrected chi connectivity index (χ4v) is 3.35. The number of aryl methyl sites for hydroxylation is 2. The van der Waals surface area contributed by atoms with Gasteiger partial charge < -0.3 is 15.5 Å². The lowest BCUT2D eigenvalue weighted by Crippen LogP contribution is -2.38. The number of amides is 1. The number of nitrogens with one attached hydrogen (secondary N) is 2. The van der Waals surface area contributed by atoms with Gasteiger partial charge in [-0.3, -0.25) is 9.79 Å². The van der Waals surface area contributed by atoms with E-state index in [1.807, 2.05) is 56.3 Å². The van der Waals surface area contributed by atoms with Crippen molar-refractivity contribution >= 4 is 40.5 Å². The number of carbonyl (C=O) groups is 1. The summed E-state index contributed by atoms with van der Waals surface area (Å²) in [6.45, 7) is 7.77. The van der Waals surface area contributed by atoms with E-state index >= 15 is 0 Å². The van der Waals surface area contributed by atoms with Crippen LogP contribution in [0.15, 0.2) is 28.6 Å². The van der Waals surface area contributed by atoms with Crippen molar-refractivity contribution in [1.82, 2.24) is 15.2 Å². The maximum Gasteiger partial charge on any atom is 0.226 e. The lowest BCUT2D eigenvalue weighted by Gasteiger charge is -2.21. The lowest BCUT2D eigenvalue weighted by atomic mass is 10.2. The van der Waals surface area contributed by atoms with Crippen LogP contribution in [0.5, 0.6) is 0 Å². The highest BCUT2D eigenvalue weighted by molar-refractivity contribution is 7.09. The van der Waals surface area contributed by atoms with E-state index in [9.17, 15) is 4.79 Å². The molecule has 0 atom stereocenters. The summed E-state index contributed by atoms with van der Waals surface area (Å²) in [6, 6.07) is 5.55. The van der Waals surface area contributed by atoms with Crippen LogP contribution in [-0.2, 0) is 11.3 Å². The number of carbonyl (C=O) groups excluding carboxylic acids is 1. The van der Waals surface area contributed by atoms with Crippen molar-refractivity contribution in [2.24, 2.45) is 4.99 Å². The van der Waals surface area contributed by atoms with Crippen molar-refractivity contribution in [2.45, 2.75) is 33.7 Å². The van der Waals surface area contributed by atoms with Crippen LogP contribution in [-0.4, -0.2) is 41.9 Å². The molecule has 2 N–H and O–H groups in total. The molecule has 0 aliphatic carbocycles. The van der Waals surface area contributed by atoms with Crippen molar-refractivity contribution in [1.29, 1.82) is 0 Å². The maximum atomic E-state index is 12.2. The number of thiazole rings is 1. The first-order chi connectivity index (χ1) is 12.9. The fraction of sp³-hybridized carbons (Fsp3) is 0.421. The Hall–Kier alpha value is -2.12. The highest BCUT2D eigenvalue weighted by atomic mass is 35.5. The van der Waals surface area contributed by atoms with Crippen LogP contribution in [0.3, 0.4) is 0 Å². The first-order valence-electron chi connectivity index (χ1n) is 8.85. The van der Waals surface area contributed by atoms with E-state index in [0.29, 0.717) is 23.8 Å². The van der Waals surface area contributed by atoms with E-state index in [2.05, 4.69) is 20.6 Å². The van der Waals surface area contributed by atoms with Gasteiger partial charge in [0.05, 0.1) is 34.5 Å². The van der Waals surface area contributed by atoms with E-state index in [1.54, 1.807) is 11.3 Å². The second kappa shape index (κ2) is 10.3. The van der Waals surface area contributed by atoms with Gasteiger partial charge in [0, 0.05) is 25.4 Å². The van der Waals surface area contributed by atoms with Gasteiger partial charge in [-0.25, -0.2) is 4.98 Å². The van der Waals surface area contributed by atoms with Crippen molar-refractivity contribution in [3.63, 3.8) is 0 Å². The molecule has 1 heterocycles. The predicted molar refractivity (Wildman–Crippen MR) is 114 cm³/mol. The fourth-order valence-electron chi connectivity index (χ4n) is 2.47. The Bertz CT molecular complexity index is 805. The average molecular weight is 408 g/mol. The third-order valence-electron chi connectivity index (χ3n) is 3.76. The van der Waals surface area contributed by atoms with Crippen LogP contribution < -0.4 is 10.6 Å². The summed E-state index contributed by atoms with van der Waals surface area (Å²) < 4.78 is 0. The van der Waals surface area contributed by atoms with Crippen LogP contribution in [0.1, 0.15) is 29.6 Å². The molecule has 0 spiro atoms. The van der Waals surface area contributed by atoms with E-state index in [-0.39, 0.29) is 12.3 Å². The number of hydrogen-bond acceptors (Lipinski definition) is 4. The quantitative estimate of drug-likeness (QED) is 0.540. The minimum absolute atomic E-state index is 0.113. The second-order valence-corrected chi connectivity index (χ2v) is 7.70. The van der Waals surface area contributed by atoms with Gasteiger partial charge >= 0.3 is 0 Å². The smallest absolute Gasteiger partial charge is 0.226 e. The minimum Gasteiger partial charge on any atom is -0.357 e. The second-order valence-electron chi connectivity index (χ2n) is 6.23. The molecule has 27 heavy (non-hydrogen) atoms. The molecule has 0 saturated carbocycles. The topological polar surface area (TPSA) is 69.6 Å². The molecule has 6 nitrogen and oxygen atoms in total. The number of nitrogens with zero attached hydrogens (tertiary/aromatic N) is 3.